The molecule has 2 aromatic carbocycles. The number of hydrogen-bond acceptors (Lipinski definition) is 4. The maximum absolute atomic E-state index is 12.6. The summed E-state index contributed by atoms with van der Waals surface area (Å²) in [5.41, 5.74) is 1.77. The van der Waals surface area contributed by atoms with Crippen LogP contribution in [0.3, 0.4) is 0 Å². The van der Waals surface area contributed by atoms with Crippen molar-refractivity contribution >= 4 is 5.91 Å². The van der Waals surface area contributed by atoms with E-state index in [0.717, 1.165) is 16.9 Å². The zero-order valence-electron chi connectivity index (χ0n) is 14.5. The van der Waals surface area contributed by atoms with Gasteiger partial charge in [-0.1, -0.05) is 18.2 Å². The van der Waals surface area contributed by atoms with E-state index < -0.39 is 0 Å². The Labute approximate surface area is 142 Å². The van der Waals surface area contributed by atoms with Gasteiger partial charge in [0.15, 0.2) is 0 Å². The average Bonchev–Trinajstić information content (AvgIpc) is 2.61. The monoisotopic (exact) mass is 329 g/mol. The van der Waals surface area contributed by atoms with E-state index in [2.05, 4.69) is 0 Å². The van der Waals surface area contributed by atoms with Crippen LogP contribution in [0, 0.1) is 0 Å². The first-order valence-electron chi connectivity index (χ1n) is 7.65. The lowest BCUT2D eigenvalue weighted by molar-refractivity contribution is -0.129. The number of ether oxygens (including phenoxy) is 3. The van der Waals surface area contributed by atoms with Crippen molar-refractivity contribution in [2.75, 3.05) is 28.4 Å². The van der Waals surface area contributed by atoms with Gasteiger partial charge < -0.3 is 19.1 Å². The molecule has 0 atom stereocenters. The highest BCUT2D eigenvalue weighted by Crippen LogP contribution is 2.25. The summed E-state index contributed by atoms with van der Waals surface area (Å²) in [5, 5.41) is 0. The van der Waals surface area contributed by atoms with Gasteiger partial charge in [0.1, 0.15) is 17.2 Å². The molecular weight excluding hydrogens is 306 g/mol. The lowest BCUT2D eigenvalue weighted by atomic mass is 10.1. The van der Waals surface area contributed by atoms with Gasteiger partial charge in [0, 0.05) is 24.7 Å². The van der Waals surface area contributed by atoms with E-state index in [0.29, 0.717) is 18.0 Å². The third-order valence-electron chi connectivity index (χ3n) is 3.86. The fourth-order valence-electron chi connectivity index (χ4n) is 2.50. The smallest absolute Gasteiger partial charge is 0.227 e. The summed E-state index contributed by atoms with van der Waals surface area (Å²) in [4.78, 5) is 14.3. The minimum atomic E-state index is -0.00698. The Morgan fingerprint density at radius 2 is 1.58 bits per heavy atom. The number of rotatable bonds is 7. The van der Waals surface area contributed by atoms with Gasteiger partial charge in [0.25, 0.3) is 0 Å². The van der Waals surface area contributed by atoms with E-state index in [1.807, 2.05) is 42.5 Å². The minimum absolute atomic E-state index is 0.00698. The SMILES string of the molecule is COc1ccc(OC)c(CC(=O)N(C)Cc2ccccc2OC)c1. The molecule has 0 saturated carbocycles. The Morgan fingerprint density at radius 1 is 0.917 bits per heavy atom. The zero-order chi connectivity index (χ0) is 17.5. The van der Waals surface area contributed by atoms with Crippen LogP contribution in [0.2, 0.25) is 0 Å². The molecule has 0 aromatic heterocycles. The predicted octanol–water partition coefficient (Wildman–Crippen LogP) is 2.91. The molecule has 128 valence electrons. The first-order chi connectivity index (χ1) is 11.6. The van der Waals surface area contributed by atoms with E-state index in [9.17, 15) is 4.79 Å². The standard InChI is InChI=1S/C19H23NO4/c1-20(13-14-7-5-6-8-17(14)23-3)19(21)12-15-11-16(22-2)9-10-18(15)24-4/h5-11H,12-13H2,1-4H3. The Bertz CT molecular complexity index is 700. The Balaban J connectivity index is 2.11. The molecule has 0 aliphatic heterocycles. The number of amides is 1. The summed E-state index contributed by atoms with van der Waals surface area (Å²) in [5.74, 6) is 2.14. The normalized spacial score (nSPS) is 10.2. The van der Waals surface area contributed by atoms with Crippen molar-refractivity contribution in [2.24, 2.45) is 0 Å². The van der Waals surface area contributed by atoms with Gasteiger partial charge in [-0.2, -0.15) is 0 Å². The summed E-state index contributed by atoms with van der Waals surface area (Å²) in [7, 11) is 6.60. The van der Waals surface area contributed by atoms with E-state index >= 15 is 0 Å². The molecule has 24 heavy (non-hydrogen) atoms. The number of hydrogen-bond donors (Lipinski definition) is 0. The third kappa shape index (κ3) is 4.19. The molecule has 0 heterocycles. The van der Waals surface area contributed by atoms with Gasteiger partial charge in [0.2, 0.25) is 5.91 Å². The molecule has 0 saturated heterocycles. The highest BCUT2D eigenvalue weighted by atomic mass is 16.5. The maximum Gasteiger partial charge on any atom is 0.227 e. The molecule has 5 nitrogen and oxygen atoms in total. The van der Waals surface area contributed by atoms with Crippen molar-refractivity contribution in [3.8, 4) is 17.2 Å². The number of likely N-dealkylation sites (N-methyl/N-ethyl adjacent to an activating group) is 1. The van der Waals surface area contributed by atoms with Crippen LogP contribution in [0.1, 0.15) is 11.1 Å². The van der Waals surface area contributed by atoms with Gasteiger partial charge >= 0.3 is 0 Å². The Morgan fingerprint density at radius 3 is 2.25 bits per heavy atom. The van der Waals surface area contributed by atoms with Crippen LogP contribution in [0.25, 0.3) is 0 Å². The van der Waals surface area contributed by atoms with Gasteiger partial charge in [-0.05, 0) is 24.3 Å². The summed E-state index contributed by atoms with van der Waals surface area (Å²) in [6, 6.07) is 13.1. The Kier molecular flexibility index (Phi) is 6.07. The van der Waals surface area contributed by atoms with Gasteiger partial charge in [-0.15, -0.1) is 0 Å². The fraction of sp³-hybridized carbons (Fsp3) is 0.316. The lowest BCUT2D eigenvalue weighted by Gasteiger charge is -2.19. The number of carbonyl (C=O) groups excluding carboxylic acids is 1. The largest absolute Gasteiger partial charge is 0.497 e. The molecule has 0 unspecified atom stereocenters. The molecule has 2 rings (SSSR count). The Hall–Kier alpha value is -2.69. The van der Waals surface area contributed by atoms with Gasteiger partial charge in [0.05, 0.1) is 27.8 Å². The lowest BCUT2D eigenvalue weighted by Crippen LogP contribution is -2.28. The quantitative estimate of drug-likeness (QED) is 0.784. The molecule has 0 aliphatic rings. The highest BCUT2D eigenvalue weighted by Gasteiger charge is 2.15. The highest BCUT2D eigenvalue weighted by molar-refractivity contribution is 5.79. The van der Waals surface area contributed by atoms with E-state index in [1.165, 1.54) is 0 Å². The molecule has 0 spiro atoms. The fourth-order valence-corrected chi connectivity index (χ4v) is 2.50. The van der Waals surface area contributed by atoms with Crippen molar-refractivity contribution < 1.29 is 19.0 Å². The number of methoxy groups -OCH3 is 3. The number of benzene rings is 2. The molecule has 0 N–H and O–H groups in total. The maximum atomic E-state index is 12.6. The van der Waals surface area contributed by atoms with Crippen LogP contribution >= 0.6 is 0 Å². The summed E-state index contributed by atoms with van der Waals surface area (Å²) >= 11 is 0. The number of para-hydroxylation sites is 1. The van der Waals surface area contributed by atoms with Crippen molar-refractivity contribution in [2.45, 2.75) is 13.0 Å². The van der Waals surface area contributed by atoms with Crippen LogP contribution in [-0.4, -0.2) is 39.2 Å². The topological polar surface area (TPSA) is 48.0 Å². The number of nitrogens with zero attached hydrogens (tertiary/aromatic N) is 1. The van der Waals surface area contributed by atoms with Crippen molar-refractivity contribution in [1.29, 1.82) is 0 Å². The molecule has 0 radical (unpaired) electrons. The molecule has 5 heteroatoms. The summed E-state index contributed by atoms with van der Waals surface area (Å²) < 4.78 is 15.9. The minimum Gasteiger partial charge on any atom is -0.497 e. The van der Waals surface area contributed by atoms with Crippen LogP contribution in [0.4, 0.5) is 0 Å². The van der Waals surface area contributed by atoms with E-state index in [1.54, 1.807) is 33.3 Å². The molecule has 1 amide bonds. The molecule has 2 aromatic rings. The van der Waals surface area contributed by atoms with Crippen LogP contribution in [0.5, 0.6) is 17.2 Å². The summed E-state index contributed by atoms with van der Waals surface area (Å²) in [6.45, 7) is 0.481. The van der Waals surface area contributed by atoms with Crippen LogP contribution in [0.15, 0.2) is 42.5 Å². The van der Waals surface area contributed by atoms with Crippen molar-refractivity contribution in [3.63, 3.8) is 0 Å². The zero-order valence-corrected chi connectivity index (χ0v) is 14.5. The van der Waals surface area contributed by atoms with Crippen molar-refractivity contribution in [1.82, 2.24) is 4.90 Å². The second-order valence-corrected chi connectivity index (χ2v) is 5.42. The van der Waals surface area contributed by atoms with Gasteiger partial charge in [-0.3, -0.25) is 4.79 Å². The second kappa shape index (κ2) is 8.24. The third-order valence-corrected chi connectivity index (χ3v) is 3.86. The second-order valence-electron chi connectivity index (χ2n) is 5.42. The van der Waals surface area contributed by atoms with Crippen LogP contribution in [-0.2, 0) is 17.8 Å². The first-order valence-corrected chi connectivity index (χ1v) is 7.65. The number of carbonyl (C=O) groups is 1. The molecule has 0 fully saturated rings. The van der Waals surface area contributed by atoms with E-state index in [-0.39, 0.29) is 12.3 Å². The molecule has 0 bridgehead atoms. The van der Waals surface area contributed by atoms with Crippen LogP contribution < -0.4 is 14.2 Å². The average molecular weight is 329 g/mol. The van der Waals surface area contributed by atoms with E-state index in [4.69, 9.17) is 14.2 Å². The first kappa shape index (κ1) is 17.7. The molecular formula is C19H23NO4. The predicted molar refractivity (Wildman–Crippen MR) is 92.7 cm³/mol. The summed E-state index contributed by atoms with van der Waals surface area (Å²) in [6.07, 6.45) is 0.242. The molecule has 0 aliphatic carbocycles. The van der Waals surface area contributed by atoms with Gasteiger partial charge in [-0.25, -0.2) is 0 Å². The van der Waals surface area contributed by atoms with Crippen molar-refractivity contribution in [3.05, 3.63) is 53.6 Å².